The maximum absolute atomic E-state index is 5.39. The molecule has 0 fully saturated rings. The van der Waals surface area contributed by atoms with Crippen molar-refractivity contribution in [1.29, 1.82) is 0 Å². The molecule has 0 aliphatic carbocycles. The number of hydrogen-bond donors (Lipinski definition) is 1. The maximum Gasteiger partial charge on any atom is 0.179 e. The van der Waals surface area contributed by atoms with Crippen LogP contribution < -0.4 is 0 Å². The number of aromatic amines is 1. The molecule has 0 bridgehead atoms. The molecule has 0 spiro atoms. The number of imidazole rings is 1. The first kappa shape index (κ1) is 13.7. The Labute approximate surface area is 117 Å². The number of aromatic nitrogens is 4. The highest BCUT2D eigenvalue weighted by Gasteiger charge is 2.11. The number of hydrogen-bond acceptors (Lipinski definition) is 3. The van der Waals surface area contributed by atoms with Gasteiger partial charge in [-0.2, -0.15) is 16.9 Å². The van der Waals surface area contributed by atoms with E-state index in [4.69, 9.17) is 12.2 Å². The minimum absolute atomic E-state index is 0.811. The molecular weight excluding hydrogens is 264 g/mol. The molecule has 0 aliphatic heterocycles. The summed E-state index contributed by atoms with van der Waals surface area (Å²) in [6, 6.07) is 0. The van der Waals surface area contributed by atoms with Gasteiger partial charge in [-0.25, -0.2) is 0 Å². The van der Waals surface area contributed by atoms with E-state index in [2.05, 4.69) is 20.9 Å². The van der Waals surface area contributed by atoms with Gasteiger partial charge in [0.05, 0.1) is 5.69 Å². The summed E-state index contributed by atoms with van der Waals surface area (Å²) in [4.78, 5) is 3.26. The van der Waals surface area contributed by atoms with Crippen LogP contribution in [0.1, 0.15) is 25.0 Å². The van der Waals surface area contributed by atoms with Crippen molar-refractivity contribution in [2.75, 3.05) is 12.0 Å². The Balaban J connectivity index is 2.12. The molecule has 0 atom stereocenters. The first-order valence-electron chi connectivity index (χ1n) is 6.26. The van der Waals surface area contributed by atoms with Crippen molar-refractivity contribution in [3.8, 4) is 0 Å². The van der Waals surface area contributed by atoms with Crippen LogP contribution in [-0.4, -0.2) is 31.3 Å². The molecule has 18 heavy (non-hydrogen) atoms. The van der Waals surface area contributed by atoms with Gasteiger partial charge in [-0.1, -0.05) is 6.42 Å². The van der Waals surface area contributed by atoms with E-state index in [0.717, 1.165) is 28.2 Å². The predicted molar refractivity (Wildman–Crippen MR) is 80.9 cm³/mol. The third-order valence-corrected chi connectivity index (χ3v) is 4.17. The molecule has 100 valence electrons. The Morgan fingerprint density at radius 2 is 2.11 bits per heavy atom. The van der Waals surface area contributed by atoms with Crippen molar-refractivity contribution < 1.29 is 0 Å². The zero-order valence-corrected chi connectivity index (χ0v) is 12.8. The Kier molecular flexibility index (Phi) is 4.50. The summed E-state index contributed by atoms with van der Waals surface area (Å²) >= 11 is 7.30. The summed E-state index contributed by atoms with van der Waals surface area (Å²) in [6.07, 6.45) is 5.87. The zero-order chi connectivity index (χ0) is 13.1. The Hall–Kier alpha value is -0.750. The highest BCUT2D eigenvalue weighted by Crippen LogP contribution is 2.17. The van der Waals surface area contributed by atoms with Gasteiger partial charge in [0, 0.05) is 13.6 Å². The first-order valence-corrected chi connectivity index (χ1v) is 8.06. The number of unbranched alkanes of at least 4 members (excludes halogenated alkanes) is 2. The van der Waals surface area contributed by atoms with Crippen molar-refractivity contribution >= 4 is 35.1 Å². The lowest BCUT2D eigenvalue weighted by Crippen LogP contribution is -2.03. The molecule has 0 saturated heterocycles. The number of H-pyrrole nitrogens is 1. The molecule has 6 heteroatoms. The minimum atomic E-state index is 0.811. The number of nitrogens with zero attached hydrogens (tertiary/aromatic N) is 3. The first-order chi connectivity index (χ1) is 8.65. The topological polar surface area (TPSA) is 38.5 Å². The van der Waals surface area contributed by atoms with E-state index in [1.54, 1.807) is 0 Å². The molecule has 0 amide bonds. The van der Waals surface area contributed by atoms with Crippen molar-refractivity contribution in [2.45, 2.75) is 32.7 Å². The van der Waals surface area contributed by atoms with Gasteiger partial charge < -0.3 is 9.55 Å². The average molecular weight is 284 g/mol. The van der Waals surface area contributed by atoms with Crippen LogP contribution in [-0.2, 0) is 13.6 Å². The molecule has 2 heterocycles. The van der Waals surface area contributed by atoms with E-state index < -0.39 is 0 Å². The van der Waals surface area contributed by atoms with Crippen molar-refractivity contribution in [3.63, 3.8) is 0 Å². The largest absolute Gasteiger partial charge is 0.328 e. The van der Waals surface area contributed by atoms with E-state index in [1.807, 2.05) is 30.4 Å². The number of nitrogens with one attached hydrogen (secondary N) is 1. The van der Waals surface area contributed by atoms with E-state index >= 15 is 0 Å². The van der Waals surface area contributed by atoms with Crippen LogP contribution in [0.2, 0.25) is 0 Å². The van der Waals surface area contributed by atoms with Gasteiger partial charge >= 0.3 is 0 Å². The van der Waals surface area contributed by atoms with Gasteiger partial charge in [-0.3, -0.25) is 4.68 Å². The Bertz CT molecular complexity index is 579. The van der Waals surface area contributed by atoms with Gasteiger partial charge in [-0.15, -0.1) is 0 Å². The van der Waals surface area contributed by atoms with Gasteiger partial charge in [0.15, 0.2) is 10.4 Å². The van der Waals surface area contributed by atoms with Crippen LogP contribution in [0.3, 0.4) is 0 Å². The van der Waals surface area contributed by atoms with E-state index in [9.17, 15) is 0 Å². The molecule has 0 unspecified atom stereocenters. The van der Waals surface area contributed by atoms with Crippen molar-refractivity contribution in [2.24, 2.45) is 7.05 Å². The summed E-state index contributed by atoms with van der Waals surface area (Å²) in [6.45, 7) is 2.99. The van der Waals surface area contributed by atoms with Gasteiger partial charge in [-0.05, 0) is 44.0 Å². The van der Waals surface area contributed by atoms with Gasteiger partial charge in [0.2, 0.25) is 0 Å². The van der Waals surface area contributed by atoms with E-state index in [1.165, 1.54) is 25.0 Å². The third kappa shape index (κ3) is 2.64. The summed E-state index contributed by atoms with van der Waals surface area (Å²) in [5.41, 5.74) is 3.20. The second-order valence-electron chi connectivity index (χ2n) is 4.54. The van der Waals surface area contributed by atoms with Crippen LogP contribution in [0.4, 0.5) is 0 Å². The summed E-state index contributed by atoms with van der Waals surface area (Å²) in [5.74, 6) is 1.25. The Morgan fingerprint density at radius 1 is 1.33 bits per heavy atom. The Morgan fingerprint density at radius 3 is 2.83 bits per heavy atom. The van der Waals surface area contributed by atoms with Crippen LogP contribution in [0.5, 0.6) is 0 Å². The lowest BCUT2D eigenvalue weighted by Gasteiger charge is -2.04. The highest BCUT2D eigenvalue weighted by atomic mass is 32.2. The molecule has 0 saturated carbocycles. The molecule has 0 aromatic carbocycles. The fraction of sp³-hybridized carbons (Fsp3) is 0.667. The standard InChI is InChI=1S/C12H20N4S2/c1-9-10-11(15(2)14-9)16(12(17)13-10)7-5-4-6-8-18-3/h4-8H2,1-3H3,(H,13,17). The van der Waals surface area contributed by atoms with Gasteiger partial charge in [0.1, 0.15) is 5.52 Å². The van der Waals surface area contributed by atoms with Crippen LogP contribution in [0.25, 0.3) is 11.2 Å². The van der Waals surface area contributed by atoms with E-state index in [0.29, 0.717) is 0 Å². The van der Waals surface area contributed by atoms with Crippen molar-refractivity contribution in [3.05, 3.63) is 10.5 Å². The van der Waals surface area contributed by atoms with Gasteiger partial charge in [0.25, 0.3) is 0 Å². The highest BCUT2D eigenvalue weighted by molar-refractivity contribution is 7.98. The molecule has 2 rings (SSSR count). The number of fused-ring (bicyclic) bond motifs is 1. The van der Waals surface area contributed by atoms with Crippen LogP contribution in [0.15, 0.2) is 0 Å². The summed E-state index contributed by atoms with van der Waals surface area (Å²) in [5, 5.41) is 4.42. The molecule has 2 aromatic rings. The maximum atomic E-state index is 5.39. The lowest BCUT2D eigenvalue weighted by atomic mass is 10.2. The fourth-order valence-corrected chi connectivity index (χ4v) is 3.05. The number of rotatable bonds is 6. The monoisotopic (exact) mass is 284 g/mol. The second kappa shape index (κ2) is 5.93. The molecule has 0 aliphatic rings. The molecular formula is C12H20N4S2. The summed E-state index contributed by atoms with van der Waals surface area (Å²) < 4.78 is 4.90. The summed E-state index contributed by atoms with van der Waals surface area (Å²) in [7, 11) is 1.97. The predicted octanol–water partition coefficient (Wildman–Crippen LogP) is 3.27. The zero-order valence-electron chi connectivity index (χ0n) is 11.2. The SMILES string of the molecule is CSCCCCCn1c(=S)[nH]c2c(C)nn(C)c21. The molecule has 2 aromatic heterocycles. The molecule has 0 radical (unpaired) electrons. The fourth-order valence-electron chi connectivity index (χ4n) is 2.27. The van der Waals surface area contributed by atoms with Crippen LogP contribution in [0, 0.1) is 11.7 Å². The quantitative estimate of drug-likeness (QED) is 0.653. The normalized spacial score (nSPS) is 11.5. The third-order valence-electron chi connectivity index (χ3n) is 3.15. The smallest absolute Gasteiger partial charge is 0.179 e. The second-order valence-corrected chi connectivity index (χ2v) is 5.92. The molecule has 1 N–H and O–H groups in total. The average Bonchev–Trinajstić information content (AvgIpc) is 2.79. The lowest BCUT2D eigenvalue weighted by molar-refractivity contribution is 0.595. The van der Waals surface area contributed by atoms with E-state index in [-0.39, 0.29) is 0 Å². The number of thioether (sulfide) groups is 1. The number of aryl methyl sites for hydroxylation is 3. The van der Waals surface area contributed by atoms with Crippen molar-refractivity contribution in [1.82, 2.24) is 19.3 Å². The van der Waals surface area contributed by atoms with Crippen LogP contribution >= 0.6 is 24.0 Å². The molecule has 4 nitrogen and oxygen atoms in total. The minimum Gasteiger partial charge on any atom is -0.328 e.